The maximum absolute atomic E-state index is 11.7. The Bertz CT molecular complexity index is 600. The first-order chi connectivity index (χ1) is 9.10. The molecule has 0 amide bonds. The zero-order valence-electron chi connectivity index (χ0n) is 10.1. The molecule has 2 rings (SSSR count). The standard InChI is InChI=1S/C13H11BrClNO2S/c1-18-13(17)10-6-8(15)2-4-11(10)16-7-9-3-5-12(14)19-9/h2-6,16H,7H2,1H3. The number of thiophene rings is 1. The highest BCUT2D eigenvalue weighted by atomic mass is 79.9. The number of rotatable bonds is 4. The average Bonchev–Trinajstić information content (AvgIpc) is 2.82. The van der Waals surface area contributed by atoms with Gasteiger partial charge < -0.3 is 10.1 Å². The van der Waals surface area contributed by atoms with Gasteiger partial charge in [0.25, 0.3) is 0 Å². The van der Waals surface area contributed by atoms with Crippen LogP contribution in [0.25, 0.3) is 0 Å². The molecule has 1 aromatic heterocycles. The number of anilines is 1. The molecule has 3 nitrogen and oxygen atoms in total. The fourth-order valence-electron chi connectivity index (χ4n) is 1.58. The van der Waals surface area contributed by atoms with E-state index in [0.717, 1.165) is 8.66 Å². The van der Waals surface area contributed by atoms with Crippen molar-refractivity contribution in [3.05, 3.63) is 49.6 Å². The van der Waals surface area contributed by atoms with Crippen LogP contribution in [0.5, 0.6) is 0 Å². The minimum absolute atomic E-state index is 0.405. The van der Waals surface area contributed by atoms with Gasteiger partial charge in [-0.25, -0.2) is 4.79 Å². The lowest BCUT2D eigenvalue weighted by Gasteiger charge is -2.10. The zero-order valence-corrected chi connectivity index (χ0v) is 13.2. The number of halogens is 2. The molecule has 0 aliphatic heterocycles. The fourth-order valence-corrected chi connectivity index (χ4v) is 3.17. The summed E-state index contributed by atoms with van der Waals surface area (Å²) in [5.41, 5.74) is 1.14. The molecule has 100 valence electrons. The van der Waals surface area contributed by atoms with Crippen LogP contribution in [-0.4, -0.2) is 13.1 Å². The predicted molar refractivity (Wildman–Crippen MR) is 82.1 cm³/mol. The number of ether oxygens (including phenoxy) is 1. The molecule has 0 radical (unpaired) electrons. The van der Waals surface area contributed by atoms with E-state index in [1.165, 1.54) is 7.11 Å². The first-order valence-corrected chi connectivity index (χ1v) is 7.45. The second kappa shape index (κ2) is 6.41. The smallest absolute Gasteiger partial charge is 0.340 e. The van der Waals surface area contributed by atoms with E-state index in [1.807, 2.05) is 12.1 Å². The van der Waals surface area contributed by atoms with Gasteiger partial charge >= 0.3 is 5.97 Å². The first-order valence-electron chi connectivity index (χ1n) is 5.46. The Morgan fingerprint density at radius 2 is 2.21 bits per heavy atom. The van der Waals surface area contributed by atoms with E-state index in [1.54, 1.807) is 29.5 Å². The monoisotopic (exact) mass is 359 g/mol. The molecule has 0 fully saturated rings. The van der Waals surface area contributed by atoms with Gasteiger partial charge in [0.2, 0.25) is 0 Å². The van der Waals surface area contributed by atoms with Crippen LogP contribution in [0.1, 0.15) is 15.2 Å². The lowest BCUT2D eigenvalue weighted by atomic mass is 10.2. The molecule has 1 aromatic carbocycles. The van der Waals surface area contributed by atoms with Gasteiger partial charge in [-0.2, -0.15) is 0 Å². The van der Waals surface area contributed by atoms with Gasteiger partial charge in [0.05, 0.1) is 16.5 Å². The van der Waals surface area contributed by atoms with Crippen molar-refractivity contribution >= 4 is 50.5 Å². The Morgan fingerprint density at radius 3 is 2.84 bits per heavy atom. The molecule has 0 unspecified atom stereocenters. The van der Waals surface area contributed by atoms with E-state index in [-0.39, 0.29) is 0 Å². The molecule has 19 heavy (non-hydrogen) atoms. The summed E-state index contributed by atoms with van der Waals surface area (Å²) in [4.78, 5) is 12.8. The molecule has 0 bridgehead atoms. The maximum Gasteiger partial charge on any atom is 0.340 e. The number of benzene rings is 1. The Labute approximate surface area is 128 Å². The largest absolute Gasteiger partial charge is 0.465 e. The van der Waals surface area contributed by atoms with Gasteiger partial charge in [0.15, 0.2) is 0 Å². The van der Waals surface area contributed by atoms with Crippen molar-refractivity contribution in [3.8, 4) is 0 Å². The van der Waals surface area contributed by atoms with Gasteiger partial charge in [0, 0.05) is 22.1 Å². The van der Waals surface area contributed by atoms with Crippen molar-refractivity contribution in [1.29, 1.82) is 0 Å². The topological polar surface area (TPSA) is 38.3 Å². The van der Waals surface area contributed by atoms with Gasteiger partial charge in [-0.05, 0) is 46.3 Å². The van der Waals surface area contributed by atoms with Crippen LogP contribution in [-0.2, 0) is 11.3 Å². The minimum Gasteiger partial charge on any atom is -0.465 e. The fraction of sp³-hybridized carbons (Fsp3) is 0.154. The summed E-state index contributed by atoms with van der Waals surface area (Å²) in [5.74, 6) is -0.405. The second-order valence-corrected chi connectivity index (χ2v) is 6.72. The Morgan fingerprint density at radius 1 is 1.42 bits per heavy atom. The van der Waals surface area contributed by atoms with Crippen molar-refractivity contribution in [1.82, 2.24) is 0 Å². The van der Waals surface area contributed by atoms with Crippen LogP contribution in [0.2, 0.25) is 5.02 Å². The van der Waals surface area contributed by atoms with Crippen molar-refractivity contribution in [2.24, 2.45) is 0 Å². The molecule has 0 spiro atoms. The quantitative estimate of drug-likeness (QED) is 0.812. The number of hydrogen-bond donors (Lipinski definition) is 1. The number of methoxy groups -OCH3 is 1. The number of carbonyl (C=O) groups excluding carboxylic acids is 1. The lowest BCUT2D eigenvalue weighted by molar-refractivity contribution is 0.0602. The van der Waals surface area contributed by atoms with E-state index in [0.29, 0.717) is 22.8 Å². The molecular formula is C13H11BrClNO2S. The van der Waals surface area contributed by atoms with Crippen molar-refractivity contribution in [2.45, 2.75) is 6.54 Å². The van der Waals surface area contributed by atoms with E-state index < -0.39 is 5.97 Å². The third kappa shape index (κ3) is 3.72. The molecule has 6 heteroatoms. The summed E-state index contributed by atoms with van der Waals surface area (Å²) in [6.07, 6.45) is 0. The highest BCUT2D eigenvalue weighted by molar-refractivity contribution is 9.11. The molecule has 2 aromatic rings. The molecule has 0 aliphatic rings. The van der Waals surface area contributed by atoms with Crippen LogP contribution in [0.4, 0.5) is 5.69 Å². The van der Waals surface area contributed by atoms with Gasteiger partial charge in [0.1, 0.15) is 0 Å². The van der Waals surface area contributed by atoms with Crippen molar-refractivity contribution in [2.75, 3.05) is 12.4 Å². The summed E-state index contributed by atoms with van der Waals surface area (Å²) >= 11 is 11.0. The average molecular weight is 361 g/mol. The third-order valence-electron chi connectivity index (χ3n) is 2.47. The minimum atomic E-state index is -0.405. The highest BCUT2D eigenvalue weighted by Gasteiger charge is 2.12. The number of esters is 1. The summed E-state index contributed by atoms with van der Waals surface area (Å²) < 4.78 is 5.82. The van der Waals surface area contributed by atoms with Gasteiger partial charge in [-0.3, -0.25) is 0 Å². The van der Waals surface area contributed by atoms with E-state index in [9.17, 15) is 4.79 Å². The molecule has 1 heterocycles. The summed E-state index contributed by atoms with van der Waals surface area (Å²) in [6.45, 7) is 0.641. The van der Waals surface area contributed by atoms with E-state index >= 15 is 0 Å². The summed E-state index contributed by atoms with van der Waals surface area (Å²) in [6, 6.07) is 9.12. The van der Waals surface area contributed by atoms with Gasteiger partial charge in [-0.1, -0.05) is 11.6 Å². The third-order valence-corrected chi connectivity index (χ3v) is 4.33. The normalized spacial score (nSPS) is 10.3. The second-order valence-electron chi connectivity index (χ2n) is 3.74. The van der Waals surface area contributed by atoms with Crippen LogP contribution < -0.4 is 5.32 Å². The predicted octanol–water partition coefficient (Wildman–Crippen LogP) is 4.56. The lowest BCUT2D eigenvalue weighted by Crippen LogP contribution is -2.07. The van der Waals surface area contributed by atoms with E-state index in [4.69, 9.17) is 16.3 Å². The summed E-state index contributed by atoms with van der Waals surface area (Å²) in [7, 11) is 1.35. The Balaban J connectivity index is 2.17. The van der Waals surface area contributed by atoms with Crippen LogP contribution in [0.3, 0.4) is 0 Å². The van der Waals surface area contributed by atoms with Crippen molar-refractivity contribution < 1.29 is 9.53 Å². The summed E-state index contributed by atoms with van der Waals surface area (Å²) in [5, 5.41) is 3.72. The Hall–Kier alpha value is -1.04. The van der Waals surface area contributed by atoms with Gasteiger partial charge in [-0.15, -0.1) is 11.3 Å². The van der Waals surface area contributed by atoms with Crippen LogP contribution >= 0.6 is 38.9 Å². The molecule has 0 aliphatic carbocycles. The highest BCUT2D eigenvalue weighted by Crippen LogP contribution is 2.25. The van der Waals surface area contributed by atoms with Crippen molar-refractivity contribution in [3.63, 3.8) is 0 Å². The van der Waals surface area contributed by atoms with Crippen LogP contribution in [0.15, 0.2) is 34.1 Å². The SMILES string of the molecule is COC(=O)c1cc(Cl)ccc1NCc1ccc(Br)s1. The number of nitrogens with one attached hydrogen (secondary N) is 1. The molecule has 0 atom stereocenters. The Kier molecular flexibility index (Phi) is 4.85. The zero-order chi connectivity index (χ0) is 13.8. The molecule has 0 saturated carbocycles. The van der Waals surface area contributed by atoms with E-state index in [2.05, 4.69) is 21.2 Å². The first kappa shape index (κ1) is 14.4. The molecular weight excluding hydrogens is 350 g/mol. The molecule has 1 N–H and O–H groups in total. The number of hydrogen-bond acceptors (Lipinski definition) is 4. The van der Waals surface area contributed by atoms with Crippen LogP contribution in [0, 0.1) is 0 Å². The molecule has 0 saturated heterocycles. The maximum atomic E-state index is 11.7. The number of carbonyl (C=O) groups is 1.